The highest BCUT2D eigenvalue weighted by molar-refractivity contribution is 5.51. The molecule has 0 saturated carbocycles. The van der Waals surface area contributed by atoms with Crippen molar-refractivity contribution in [2.24, 2.45) is 5.92 Å². The monoisotopic (exact) mass is 516 g/mol. The van der Waals surface area contributed by atoms with Crippen molar-refractivity contribution in [1.82, 2.24) is 9.80 Å². The third-order valence-corrected chi connectivity index (χ3v) is 6.92. The molecule has 9 nitrogen and oxygen atoms in total. The first-order valence-corrected chi connectivity index (χ1v) is 12.6. The van der Waals surface area contributed by atoms with E-state index in [1.165, 1.54) is 25.3 Å². The SMILES string of the molecule is CN(C)CCN(C)CCC1c2cc3c(cc2CCC1COC=O)OCO3.COc1cccc(OC)c1O. The number of benzene rings is 2. The van der Waals surface area contributed by atoms with Gasteiger partial charge in [-0.1, -0.05) is 6.07 Å². The van der Waals surface area contributed by atoms with Gasteiger partial charge in [0.2, 0.25) is 12.5 Å². The smallest absolute Gasteiger partial charge is 0.293 e. The van der Waals surface area contributed by atoms with Crippen LogP contribution in [0.4, 0.5) is 0 Å². The molecule has 2 atom stereocenters. The molecule has 0 aromatic heterocycles. The third kappa shape index (κ3) is 7.66. The summed E-state index contributed by atoms with van der Waals surface area (Å²) in [6.07, 6.45) is 3.07. The van der Waals surface area contributed by atoms with Crippen LogP contribution in [0.3, 0.4) is 0 Å². The highest BCUT2D eigenvalue weighted by Crippen LogP contribution is 2.44. The van der Waals surface area contributed by atoms with Crippen LogP contribution in [-0.4, -0.2) is 89.8 Å². The lowest BCUT2D eigenvalue weighted by atomic mass is 9.73. The summed E-state index contributed by atoms with van der Waals surface area (Å²) in [6.45, 7) is 4.47. The number of nitrogens with zero attached hydrogens (tertiary/aromatic N) is 2. The van der Waals surface area contributed by atoms with Crippen molar-refractivity contribution in [3.63, 3.8) is 0 Å². The normalized spacial score (nSPS) is 17.6. The highest BCUT2D eigenvalue weighted by Gasteiger charge is 2.32. The number of hydrogen-bond acceptors (Lipinski definition) is 9. The van der Waals surface area contributed by atoms with Gasteiger partial charge < -0.3 is 38.6 Å². The zero-order chi connectivity index (χ0) is 26.8. The number of rotatable bonds is 11. The Morgan fingerprint density at radius 3 is 2.32 bits per heavy atom. The fraction of sp³-hybridized carbons (Fsp3) is 0.536. The highest BCUT2D eigenvalue weighted by atomic mass is 16.7. The van der Waals surface area contributed by atoms with E-state index in [0.29, 0.717) is 43.2 Å². The number of para-hydroxylation sites is 1. The number of carbonyl (C=O) groups is 1. The molecule has 0 saturated heterocycles. The van der Waals surface area contributed by atoms with Crippen LogP contribution in [0.5, 0.6) is 28.7 Å². The predicted molar refractivity (Wildman–Crippen MR) is 141 cm³/mol. The van der Waals surface area contributed by atoms with E-state index >= 15 is 0 Å². The second-order valence-electron chi connectivity index (χ2n) is 9.65. The second kappa shape index (κ2) is 13.9. The van der Waals surface area contributed by atoms with E-state index in [0.717, 1.165) is 50.4 Å². The molecule has 1 N–H and O–H groups in total. The van der Waals surface area contributed by atoms with Crippen LogP contribution in [-0.2, 0) is 16.0 Å². The van der Waals surface area contributed by atoms with E-state index in [-0.39, 0.29) is 5.75 Å². The van der Waals surface area contributed by atoms with E-state index in [2.05, 4.69) is 43.1 Å². The van der Waals surface area contributed by atoms with Gasteiger partial charge in [-0.25, -0.2) is 0 Å². The van der Waals surface area contributed by atoms with Crippen LogP contribution in [0.25, 0.3) is 0 Å². The number of carbonyl (C=O) groups excluding carboxylic acids is 1. The maximum atomic E-state index is 10.7. The molecular formula is C28H40N2O7. The minimum atomic E-state index is 0.0394. The lowest BCUT2D eigenvalue weighted by Crippen LogP contribution is -2.32. The van der Waals surface area contributed by atoms with Crippen LogP contribution < -0.4 is 18.9 Å². The Balaban J connectivity index is 0.000000289. The van der Waals surface area contributed by atoms with Gasteiger partial charge in [-0.05, 0) is 88.3 Å². The van der Waals surface area contributed by atoms with Crippen molar-refractivity contribution in [1.29, 1.82) is 0 Å². The first kappa shape index (κ1) is 28.4. The Morgan fingerprint density at radius 2 is 1.70 bits per heavy atom. The van der Waals surface area contributed by atoms with Gasteiger partial charge in [0.25, 0.3) is 6.47 Å². The zero-order valence-electron chi connectivity index (χ0n) is 22.6. The molecule has 1 heterocycles. The maximum Gasteiger partial charge on any atom is 0.293 e. The van der Waals surface area contributed by atoms with E-state index in [4.69, 9.17) is 23.7 Å². The van der Waals surface area contributed by atoms with Gasteiger partial charge in [0.05, 0.1) is 20.8 Å². The van der Waals surface area contributed by atoms with Crippen LogP contribution >= 0.6 is 0 Å². The van der Waals surface area contributed by atoms with Crippen LogP contribution in [0.1, 0.15) is 29.9 Å². The molecule has 4 rings (SSSR count). The number of aryl methyl sites for hydroxylation is 1. The summed E-state index contributed by atoms with van der Waals surface area (Å²) in [4.78, 5) is 15.3. The first-order chi connectivity index (χ1) is 17.9. The number of fused-ring (bicyclic) bond motifs is 2. The van der Waals surface area contributed by atoms with Gasteiger partial charge in [0, 0.05) is 19.0 Å². The standard InChI is InChI=1S/C20H30N2O4.C8H10O3/c1-21(2)8-9-22(3)7-6-17-16(12-24-13-23)5-4-15-10-19-20(11-18(15)17)26-14-25-19;1-10-6-4-3-5-7(11-2)8(6)9/h10-11,13,16-17H,4-9,12,14H2,1-3H3;3-5,9H,1-2H3. The van der Waals surface area contributed by atoms with Crippen molar-refractivity contribution in [3.8, 4) is 28.7 Å². The summed E-state index contributed by atoms with van der Waals surface area (Å²) >= 11 is 0. The minimum Gasteiger partial charge on any atom is -0.502 e. The van der Waals surface area contributed by atoms with E-state index < -0.39 is 0 Å². The number of likely N-dealkylation sites (N-methyl/N-ethyl adjacent to an activating group) is 2. The molecule has 204 valence electrons. The van der Waals surface area contributed by atoms with Gasteiger partial charge in [0.1, 0.15) is 0 Å². The molecule has 37 heavy (non-hydrogen) atoms. The van der Waals surface area contributed by atoms with E-state index in [1.54, 1.807) is 18.2 Å². The Kier molecular flexibility index (Phi) is 10.7. The Hall–Kier alpha value is -3.17. The Morgan fingerprint density at radius 1 is 1.03 bits per heavy atom. The lowest BCUT2D eigenvalue weighted by molar-refractivity contribution is -0.130. The number of phenolic OH excluding ortho intramolecular Hbond substituents is 1. The van der Waals surface area contributed by atoms with Gasteiger partial charge in [-0.3, -0.25) is 4.79 Å². The number of ether oxygens (including phenoxy) is 5. The summed E-state index contributed by atoms with van der Waals surface area (Å²) < 4.78 is 26.0. The quantitative estimate of drug-likeness (QED) is 0.451. The topological polar surface area (TPSA) is 89.9 Å². The molecule has 2 aromatic carbocycles. The largest absolute Gasteiger partial charge is 0.502 e. The summed E-state index contributed by atoms with van der Waals surface area (Å²) in [6, 6.07) is 9.36. The molecule has 2 unspecified atom stereocenters. The van der Waals surface area contributed by atoms with Crippen molar-refractivity contribution in [3.05, 3.63) is 41.5 Å². The lowest BCUT2D eigenvalue weighted by Gasteiger charge is -2.34. The molecule has 0 bridgehead atoms. The zero-order valence-corrected chi connectivity index (χ0v) is 22.6. The molecule has 2 aromatic rings. The molecule has 0 amide bonds. The molecule has 0 spiro atoms. The summed E-state index contributed by atoms with van der Waals surface area (Å²) in [5, 5.41) is 9.34. The van der Waals surface area contributed by atoms with Gasteiger partial charge in [-0.2, -0.15) is 0 Å². The summed E-state index contributed by atoms with van der Waals surface area (Å²) in [5.41, 5.74) is 2.68. The van der Waals surface area contributed by atoms with Crippen LogP contribution in [0, 0.1) is 5.92 Å². The van der Waals surface area contributed by atoms with Crippen molar-refractivity contribution < 1.29 is 33.6 Å². The first-order valence-electron chi connectivity index (χ1n) is 12.6. The minimum absolute atomic E-state index is 0.0394. The molecule has 0 fully saturated rings. The molecule has 9 heteroatoms. The predicted octanol–water partition coefficient (Wildman–Crippen LogP) is 3.53. The fourth-order valence-corrected chi connectivity index (χ4v) is 4.78. The van der Waals surface area contributed by atoms with Gasteiger partial charge in [-0.15, -0.1) is 0 Å². The van der Waals surface area contributed by atoms with Crippen molar-refractivity contribution in [2.75, 3.05) is 68.4 Å². The molecular weight excluding hydrogens is 476 g/mol. The van der Waals surface area contributed by atoms with Crippen LogP contribution in [0.2, 0.25) is 0 Å². The number of phenols is 1. The van der Waals surface area contributed by atoms with Crippen LogP contribution in [0.15, 0.2) is 30.3 Å². The Labute approximate surface area is 219 Å². The van der Waals surface area contributed by atoms with Gasteiger partial charge >= 0.3 is 0 Å². The van der Waals surface area contributed by atoms with Gasteiger partial charge in [0.15, 0.2) is 23.0 Å². The summed E-state index contributed by atoms with van der Waals surface area (Å²) in [5.74, 6) is 3.30. The number of aromatic hydroxyl groups is 1. The fourth-order valence-electron chi connectivity index (χ4n) is 4.78. The second-order valence-corrected chi connectivity index (χ2v) is 9.65. The molecule has 1 aliphatic heterocycles. The molecule has 0 radical (unpaired) electrons. The van der Waals surface area contributed by atoms with E-state index in [9.17, 15) is 9.90 Å². The maximum absolute atomic E-state index is 10.7. The Bertz CT molecular complexity index is 992. The van der Waals surface area contributed by atoms with Crippen molar-refractivity contribution >= 4 is 6.47 Å². The van der Waals surface area contributed by atoms with Crippen molar-refractivity contribution in [2.45, 2.75) is 25.2 Å². The third-order valence-electron chi connectivity index (χ3n) is 6.92. The molecule has 1 aliphatic carbocycles. The number of hydrogen-bond donors (Lipinski definition) is 1. The molecule has 2 aliphatic rings. The average Bonchev–Trinajstić information content (AvgIpc) is 3.36. The average molecular weight is 517 g/mol. The number of methoxy groups -OCH3 is 2. The van der Waals surface area contributed by atoms with E-state index in [1.807, 2.05) is 0 Å². The summed E-state index contributed by atoms with van der Waals surface area (Å²) in [7, 11) is 9.36.